The van der Waals surface area contributed by atoms with Gasteiger partial charge in [0.05, 0.1) is 13.0 Å². The number of nitrogens with zero attached hydrogens (tertiary/aromatic N) is 2. The van der Waals surface area contributed by atoms with Crippen LogP contribution in [0.25, 0.3) is 10.9 Å². The molecule has 2 heterocycles. The number of rotatable bonds is 11. The summed E-state index contributed by atoms with van der Waals surface area (Å²) in [5.41, 5.74) is 3.53. The molecular weight excluding hydrogens is 416 g/mol. The Bertz CT molecular complexity index is 1050. The molecule has 1 N–H and O–H groups in total. The van der Waals surface area contributed by atoms with E-state index in [2.05, 4.69) is 39.9 Å². The van der Waals surface area contributed by atoms with Gasteiger partial charge in [-0.15, -0.1) is 0 Å². The van der Waals surface area contributed by atoms with Crippen LogP contribution in [0.1, 0.15) is 36.8 Å². The first-order valence-corrected chi connectivity index (χ1v) is 12.0. The van der Waals surface area contributed by atoms with Crippen LogP contribution in [-0.4, -0.2) is 60.0 Å². The minimum atomic E-state index is -0.826. The molecule has 1 aliphatic heterocycles. The van der Waals surface area contributed by atoms with Gasteiger partial charge in [-0.2, -0.15) is 0 Å². The zero-order valence-corrected chi connectivity index (χ0v) is 19.4. The first-order valence-electron chi connectivity index (χ1n) is 12.0. The van der Waals surface area contributed by atoms with Crippen molar-refractivity contribution in [1.82, 2.24) is 9.47 Å². The van der Waals surface area contributed by atoms with Crippen molar-refractivity contribution in [3.63, 3.8) is 0 Å². The molecule has 0 bridgehead atoms. The molecular formula is C27H34N2O4. The highest BCUT2D eigenvalue weighted by Crippen LogP contribution is 2.34. The predicted octanol–water partition coefficient (Wildman–Crippen LogP) is 4.56. The highest BCUT2D eigenvalue weighted by molar-refractivity contribution is 5.84. The van der Waals surface area contributed by atoms with E-state index in [4.69, 9.17) is 14.6 Å². The van der Waals surface area contributed by atoms with E-state index < -0.39 is 5.97 Å². The van der Waals surface area contributed by atoms with Crippen LogP contribution in [0.4, 0.5) is 0 Å². The third-order valence-electron chi connectivity index (χ3n) is 6.46. The van der Waals surface area contributed by atoms with Crippen LogP contribution < -0.4 is 4.74 Å². The van der Waals surface area contributed by atoms with Crippen molar-refractivity contribution in [2.24, 2.45) is 0 Å². The number of piperidine rings is 1. The molecule has 3 aromatic rings. The highest BCUT2D eigenvalue weighted by Gasteiger charge is 2.23. The summed E-state index contributed by atoms with van der Waals surface area (Å²) in [6.45, 7) is 8.03. The fourth-order valence-electron chi connectivity index (χ4n) is 4.77. The molecule has 1 aliphatic rings. The quantitative estimate of drug-likeness (QED) is 0.434. The van der Waals surface area contributed by atoms with E-state index in [0.29, 0.717) is 12.5 Å². The van der Waals surface area contributed by atoms with Crippen molar-refractivity contribution >= 4 is 16.9 Å². The zero-order chi connectivity index (χ0) is 23.0. The Kier molecular flexibility index (Phi) is 8.02. The van der Waals surface area contributed by atoms with Crippen LogP contribution in [0.5, 0.6) is 5.75 Å². The minimum absolute atomic E-state index is 0.0206. The van der Waals surface area contributed by atoms with Gasteiger partial charge in [-0.25, -0.2) is 0 Å². The summed E-state index contributed by atoms with van der Waals surface area (Å²) in [7, 11) is 0. The molecule has 0 amide bonds. The third-order valence-corrected chi connectivity index (χ3v) is 6.46. The summed E-state index contributed by atoms with van der Waals surface area (Å²) < 4.78 is 13.8. The minimum Gasteiger partial charge on any atom is -0.492 e. The van der Waals surface area contributed by atoms with Crippen LogP contribution in [0.15, 0.2) is 54.7 Å². The number of hydrogen-bond donors (Lipinski definition) is 1. The Morgan fingerprint density at radius 1 is 1.06 bits per heavy atom. The summed E-state index contributed by atoms with van der Waals surface area (Å²) in [6.07, 6.45) is 4.66. The van der Waals surface area contributed by atoms with Gasteiger partial charge in [0.2, 0.25) is 0 Å². The zero-order valence-electron chi connectivity index (χ0n) is 19.4. The number of para-hydroxylation sites is 1. The van der Waals surface area contributed by atoms with Gasteiger partial charge in [0, 0.05) is 36.8 Å². The van der Waals surface area contributed by atoms with Gasteiger partial charge in [0.1, 0.15) is 12.4 Å². The molecule has 0 atom stereocenters. The van der Waals surface area contributed by atoms with Gasteiger partial charge in [-0.1, -0.05) is 30.3 Å². The number of ether oxygens (including phenoxy) is 2. The number of likely N-dealkylation sites (tertiary alicyclic amines) is 1. The summed E-state index contributed by atoms with van der Waals surface area (Å²) in [5.74, 6) is 0.490. The smallest absolute Gasteiger partial charge is 0.307 e. The second-order valence-corrected chi connectivity index (χ2v) is 8.67. The van der Waals surface area contributed by atoms with Gasteiger partial charge >= 0.3 is 5.97 Å². The van der Waals surface area contributed by atoms with Crippen molar-refractivity contribution < 1.29 is 19.4 Å². The molecule has 176 valence electrons. The molecule has 0 spiro atoms. The fraction of sp³-hybridized carbons (Fsp3) is 0.444. The normalized spacial score (nSPS) is 15.2. The van der Waals surface area contributed by atoms with Crippen molar-refractivity contribution in [1.29, 1.82) is 0 Å². The Morgan fingerprint density at radius 2 is 1.88 bits per heavy atom. The van der Waals surface area contributed by atoms with Gasteiger partial charge in [0.15, 0.2) is 0 Å². The molecule has 4 rings (SSSR count). The summed E-state index contributed by atoms with van der Waals surface area (Å²) in [5, 5.41) is 10.3. The number of carbonyl (C=O) groups is 1. The molecule has 0 aliphatic carbocycles. The van der Waals surface area contributed by atoms with Gasteiger partial charge < -0.3 is 19.1 Å². The van der Waals surface area contributed by atoms with Gasteiger partial charge in [-0.05, 0) is 68.1 Å². The molecule has 0 saturated carbocycles. The molecule has 1 fully saturated rings. The number of aliphatic carboxylic acids is 1. The van der Waals surface area contributed by atoms with Crippen LogP contribution in [0.2, 0.25) is 0 Å². The van der Waals surface area contributed by atoms with Crippen molar-refractivity contribution in [3.05, 3.63) is 65.9 Å². The number of benzene rings is 2. The largest absolute Gasteiger partial charge is 0.492 e. The highest BCUT2D eigenvalue weighted by atomic mass is 16.5. The molecule has 2 aromatic carbocycles. The maximum atomic E-state index is 10.9. The van der Waals surface area contributed by atoms with E-state index in [1.807, 2.05) is 31.2 Å². The van der Waals surface area contributed by atoms with Crippen molar-refractivity contribution in [3.8, 4) is 5.75 Å². The maximum absolute atomic E-state index is 10.9. The molecule has 6 nitrogen and oxygen atoms in total. The number of aromatic nitrogens is 1. The molecule has 6 heteroatoms. The van der Waals surface area contributed by atoms with E-state index in [-0.39, 0.29) is 6.42 Å². The number of carboxylic acids is 1. The molecule has 1 saturated heterocycles. The van der Waals surface area contributed by atoms with E-state index >= 15 is 0 Å². The van der Waals surface area contributed by atoms with E-state index in [1.54, 1.807) is 0 Å². The first-order chi connectivity index (χ1) is 16.1. The lowest BCUT2D eigenvalue weighted by Gasteiger charge is -2.31. The molecule has 0 radical (unpaired) electrons. The van der Waals surface area contributed by atoms with Crippen LogP contribution in [0.3, 0.4) is 0 Å². The lowest BCUT2D eigenvalue weighted by atomic mass is 9.89. The summed E-state index contributed by atoms with van der Waals surface area (Å²) in [4.78, 5) is 13.4. The molecule has 33 heavy (non-hydrogen) atoms. The second-order valence-electron chi connectivity index (χ2n) is 8.67. The molecule has 1 aromatic heterocycles. The Hall–Kier alpha value is -2.83. The van der Waals surface area contributed by atoms with Gasteiger partial charge in [-0.3, -0.25) is 9.69 Å². The van der Waals surface area contributed by atoms with Gasteiger partial charge in [0.25, 0.3) is 0 Å². The van der Waals surface area contributed by atoms with Crippen molar-refractivity contribution in [2.75, 3.05) is 39.5 Å². The van der Waals surface area contributed by atoms with E-state index in [9.17, 15) is 4.79 Å². The average molecular weight is 451 g/mol. The Morgan fingerprint density at radius 3 is 2.67 bits per heavy atom. The average Bonchev–Trinajstić information content (AvgIpc) is 3.18. The topological polar surface area (TPSA) is 63.9 Å². The Labute approximate surface area is 195 Å². The SMILES string of the molecule is CCOCCn1cc(C2CCN(CCOc3cccc(CC(=O)O)c3)CC2)c2ccccc21. The van der Waals surface area contributed by atoms with E-state index in [0.717, 1.165) is 63.5 Å². The number of fused-ring (bicyclic) bond motifs is 1. The lowest BCUT2D eigenvalue weighted by molar-refractivity contribution is -0.136. The van der Waals surface area contributed by atoms with E-state index in [1.165, 1.54) is 16.5 Å². The first kappa shape index (κ1) is 23.3. The summed E-state index contributed by atoms with van der Waals surface area (Å²) >= 11 is 0. The predicted molar refractivity (Wildman–Crippen MR) is 130 cm³/mol. The third kappa shape index (κ3) is 6.15. The van der Waals surface area contributed by atoms with Crippen LogP contribution in [0, 0.1) is 0 Å². The summed E-state index contributed by atoms with van der Waals surface area (Å²) in [6, 6.07) is 16.1. The van der Waals surface area contributed by atoms with Crippen LogP contribution >= 0.6 is 0 Å². The molecule has 0 unspecified atom stereocenters. The number of hydrogen-bond acceptors (Lipinski definition) is 4. The standard InChI is InChI=1S/C27H34N2O4/c1-2-32-16-15-29-20-25(24-8-3-4-9-26(24)29)22-10-12-28(13-11-22)14-17-33-23-7-5-6-21(18-23)19-27(30)31/h3-9,18,20,22H,2,10-17,19H2,1H3,(H,30,31). The number of carboxylic acid groups (broad SMARTS) is 1. The second kappa shape index (κ2) is 11.3. The lowest BCUT2D eigenvalue weighted by Crippen LogP contribution is -2.35. The van der Waals surface area contributed by atoms with Crippen molar-refractivity contribution in [2.45, 2.75) is 38.6 Å². The Balaban J connectivity index is 1.29. The fourth-order valence-corrected chi connectivity index (χ4v) is 4.77. The monoisotopic (exact) mass is 450 g/mol. The maximum Gasteiger partial charge on any atom is 0.307 e. The van der Waals surface area contributed by atoms with Crippen LogP contribution in [-0.2, 0) is 22.5 Å².